The first-order chi connectivity index (χ1) is 6.84. The van der Waals surface area contributed by atoms with Crippen LogP contribution in [0.5, 0.6) is 0 Å². The summed E-state index contributed by atoms with van der Waals surface area (Å²) in [5.74, 6) is 0.703. The fourth-order valence-corrected chi connectivity index (χ4v) is 2.43. The van der Waals surface area contributed by atoms with Crippen molar-refractivity contribution in [1.29, 1.82) is 0 Å². The summed E-state index contributed by atoms with van der Waals surface area (Å²) in [7, 11) is 0. The molecule has 0 aliphatic rings. The molecule has 0 unspecified atom stereocenters. The Morgan fingerprint density at radius 3 is 2.71 bits per heavy atom. The van der Waals surface area contributed by atoms with Crippen molar-refractivity contribution in [1.82, 2.24) is 20.2 Å². The van der Waals surface area contributed by atoms with E-state index >= 15 is 0 Å². The van der Waals surface area contributed by atoms with E-state index in [1.807, 2.05) is 0 Å². The highest BCUT2D eigenvalue weighted by Crippen LogP contribution is 2.22. The molecule has 0 spiro atoms. The number of halogens is 1. The molecule has 0 saturated carbocycles. The molecule has 2 aromatic rings. The zero-order chi connectivity index (χ0) is 9.80. The Hall–Kier alpha value is -0.720. The van der Waals surface area contributed by atoms with Gasteiger partial charge < -0.3 is 0 Å². The fraction of sp³-hybridized carbons (Fsp3) is 0.143. The van der Waals surface area contributed by atoms with Crippen LogP contribution in [0.4, 0.5) is 0 Å². The summed E-state index contributed by atoms with van der Waals surface area (Å²) in [5, 5.41) is 9.22. The average molecular weight is 245 g/mol. The van der Waals surface area contributed by atoms with E-state index in [4.69, 9.17) is 11.6 Å². The zero-order valence-corrected chi connectivity index (χ0v) is 9.31. The van der Waals surface area contributed by atoms with Crippen molar-refractivity contribution in [3.05, 3.63) is 27.9 Å². The number of thioether (sulfide) groups is 1. The zero-order valence-electron chi connectivity index (χ0n) is 6.92. The van der Waals surface area contributed by atoms with Gasteiger partial charge >= 0.3 is 0 Å². The quantitative estimate of drug-likeness (QED) is 0.612. The molecule has 72 valence electrons. The number of rotatable bonds is 3. The molecule has 2 heterocycles. The molecule has 2 aromatic heterocycles. The third kappa shape index (κ3) is 2.63. The Bertz CT molecular complexity index is 405. The molecule has 0 aliphatic heterocycles. The second-order valence-electron chi connectivity index (χ2n) is 2.27. The summed E-state index contributed by atoms with van der Waals surface area (Å²) in [5.41, 5.74) is 0. The van der Waals surface area contributed by atoms with E-state index in [1.165, 1.54) is 23.1 Å². The van der Waals surface area contributed by atoms with Crippen molar-refractivity contribution < 1.29 is 0 Å². The summed E-state index contributed by atoms with van der Waals surface area (Å²) >= 11 is 8.53. The molecular formula is C7H5ClN4S2. The summed E-state index contributed by atoms with van der Waals surface area (Å²) < 4.78 is 0.467. The second-order valence-corrected chi connectivity index (χ2v) is 4.86. The Morgan fingerprint density at radius 2 is 2.07 bits per heavy atom. The summed E-state index contributed by atoms with van der Waals surface area (Å²) in [6.07, 6.45) is 3.42. The Kier molecular flexibility index (Phi) is 3.28. The van der Waals surface area contributed by atoms with Gasteiger partial charge in [0, 0.05) is 12.4 Å². The van der Waals surface area contributed by atoms with Gasteiger partial charge in [-0.3, -0.25) is 0 Å². The predicted octanol–water partition coefficient (Wildman–Crippen LogP) is 2.27. The lowest BCUT2D eigenvalue weighted by Gasteiger charge is -1.94. The first kappa shape index (κ1) is 9.82. The predicted molar refractivity (Wildman–Crippen MR) is 56.5 cm³/mol. The molecule has 0 bridgehead atoms. The van der Waals surface area contributed by atoms with Gasteiger partial charge in [0.05, 0.1) is 5.75 Å². The summed E-state index contributed by atoms with van der Waals surface area (Å²) in [6.45, 7) is 0. The molecule has 0 amide bonds. The first-order valence-electron chi connectivity index (χ1n) is 3.72. The summed E-state index contributed by atoms with van der Waals surface area (Å²) in [6, 6.07) is 1.78. The minimum Gasteiger partial charge on any atom is -0.231 e. The summed E-state index contributed by atoms with van der Waals surface area (Å²) in [4.78, 5) is 8.15. The second kappa shape index (κ2) is 4.68. The maximum atomic E-state index is 5.65. The van der Waals surface area contributed by atoms with Crippen LogP contribution in [0, 0.1) is 0 Å². The van der Waals surface area contributed by atoms with Crippen LogP contribution in [-0.4, -0.2) is 20.2 Å². The molecule has 0 atom stereocenters. The largest absolute Gasteiger partial charge is 0.231 e. The highest BCUT2D eigenvalue weighted by Gasteiger charge is 2.03. The van der Waals surface area contributed by atoms with Crippen molar-refractivity contribution in [2.45, 2.75) is 10.9 Å². The normalized spacial score (nSPS) is 10.4. The van der Waals surface area contributed by atoms with Crippen LogP contribution >= 0.6 is 34.7 Å². The van der Waals surface area contributed by atoms with Crippen molar-refractivity contribution in [3.8, 4) is 0 Å². The van der Waals surface area contributed by atoms with Gasteiger partial charge in [0.15, 0.2) is 5.16 Å². The van der Waals surface area contributed by atoms with Crippen LogP contribution < -0.4 is 0 Å². The highest BCUT2D eigenvalue weighted by molar-refractivity contribution is 7.98. The molecule has 0 N–H and O–H groups in total. The molecule has 4 nitrogen and oxygen atoms in total. The lowest BCUT2D eigenvalue weighted by molar-refractivity contribution is 0.963. The molecule has 2 rings (SSSR count). The van der Waals surface area contributed by atoms with E-state index in [0.717, 1.165) is 10.2 Å². The van der Waals surface area contributed by atoms with Gasteiger partial charge in [-0.2, -0.15) is 0 Å². The molecular weight excluding hydrogens is 240 g/mol. The third-order valence-electron chi connectivity index (χ3n) is 1.31. The number of hydrogen-bond acceptors (Lipinski definition) is 6. The van der Waals surface area contributed by atoms with Crippen LogP contribution in [0.25, 0.3) is 0 Å². The van der Waals surface area contributed by atoms with E-state index in [9.17, 15) is 0 Å². The molecule has 14 heavy (non-hydrogen) atoms. The van der Waals surface area contributed by atoms with E-state index < -0.39 is 0 Å². The number of nitrogens with zero attached hydrogens (tertiary/aromatic N) is 4. The van der Waals surface area contributed by atoms with E-state index in [2.05, 4.69) is 20.2 Å². The van der Waals surface area contributed by atoms with Gasteiger partial charge in [0.2, 0.25) is 4.47 Å². The van der Waals surface area contributed by atoms with E-state index in [1.54, 1.807) is 18.5 Å². The topological polar surface area (TPSA) is 51.6 Å². The maximum absolute atomic E-state index is 5.65. The van der Waals surface area contributed by atoms with Gasteiger partial charge in [-0.25, -0.2) is 9.97 Å². The van der Waals surface area contributed by atoms with Gasteiger partial charge in [0.25, 0.3) is 0 Å². The van der Waals surface area contributed by atoms with Crippen molar-refractivity contribution in [3.63, 3.8) is 0 Å². The smallest absolute Gasteiger partial charge is 0.207 e. The van der Waals surface area contributed by atoms with Gasteiger partial charge in [-0.15, -0.1) is 10.2 Å². The van der Waals surface area contributed by atoms with Gasteiger partial charge in [0.1, 0.15) is 5.01 Å². The van der Waals surface area contributed by atoms with Crippen LogP contribution in [0.2, 0.25) is 4.47 Å². The maximum Gasteiger partial charge on any atom is 0.207 e. The number of aromatic nitrogens is 4. The third-order valence-corrected chi connectivity index (χ3v) is 3.40. The van der Waals surface area contributed by atoms with Crippen LogP contribution in [0.3, 0.4) is 0 Å². The Labute approximate surface area is 93.8 Å². The molecule has 0 saturated heterocycles. The van der Waals surface area contributed by atoms with Crippen LogP contribution in [-0.2, 0) is 5.75 Å². The van der Waals surface area contributed by atoms with Crippen molar-refractivity contribution >= 4 is 34.7 Å². The molecule has 0 aromatic carbocycles. The lowest BCUT2D eigenvalue weighted by atomic mass is 10.7. The minimum absolute atomic E-state index is 0.467. The van der Waals surface area contributed by atoms with Crippen LogP contribution in [0.1, 0.15) is 5.01 Å². The Balaban J connectivity index is 1.95. The highest BCUT2D eigenvalue weighted by atomic mass is 35.5. The fourth-order valence-electron chi connectivity index (χ4n) is 0.778. The van der Waals surface area contributed by atoms with Gasteiger partial charge in [-0.1, -0.05) is 23.1 Å². The van der Waals surface area contributed by atoms with E-state index in [0.29, 0.717) is 10.2 Å². The lowest BCUT2D eigenvalue weighted by Crippen LogP contribution is -1.85. The molecule has 0 aliphatic carbocycles. The molecule has 0 fully saturated rings. The molecule has 0 radical (unpaired) electrons. The molecule has 7 heteroatoms. The Morgan fingerprint density at radius 1 is 1.29 bits per heavy atom. The van der Waals surface area contributed by atoms with Gasteiger partial charge in [-0.05, 0) is 17.7 Å². The van der Waals surface area contributed by atoms with Crippen molar-refractivity contribution in [2.24, 2.45) is 0 Å². The standard InChI is InChI=1S/C7H5ClN4S2/c8-6-12-11-5(14-6)4-13-7-9-2-1-3-10-7/h1-3H,4H2. The minimum atomic E-state index is 0.467. The number of hydrogen-bond donors (Lipinski definition) is 0. The average Bonchev–Trinajstić information content (AvgIpc) is 2.63. The monoisotopic (exact) mass is 244 g/mol. The van der Waals surface area contributed by atoms with E-state index in [-0.39, 0.29) is 0 Å². The SMILES string of the molecule is Clc1nnc(CSc2ncccn2)s1. The first-order valence-corrected chi connectivity index (χ1v) is 5.90. The van der Waals surface area contributed by atoms with Crippen molar-refractivity contribution in [2.75, 3.05) is 0 Å². The van der Waals surface area contributed by atoms with Crippen LogP contribution in [0.15, 0.2) is 23.6 Å².